The molecule has 2 atom stereocenters. The molecule has 1 aliphatic rings. The van der Waals surface area contributed by atoms with Gasteiger partial charge in [-0.1, -0.05) is 6.42 Å². The molecule has 1 heterocycles. The first-order valence-corrected chi connectivity index (χ1v) is 6.35. The van der Waals surface area contributed by atoms with E-state index in [9.17, 15) is 13.2 Å². The van der Waals surface area contributed by atoms with Crippen molar-refractivity contribution < 1.29 is 13.2 Å². The minimum atomic E-state index is -4.08. The van der Waals surface area contributed by atoms with Crippen LogP contribution in [0.4, 0.5) is 13.2 Å². The van der Waals surface area contributed by atoms with Gasteiger partial charge >= 0.3 is 6.18 Å². The lowest BCUT2D eigenvalue weighted by Crippen LogP contribution is -2.29. The van der Waals surface area contributed by atoms with E-state index in [0.29, 0.717) is 12.2 Å². The van der Waals surface area contributed by atoms with Crippen molar-refractivity contribution >= 4 is 0 Å². The number of rotatable bonds is 2. The van der Waals surface area contributed by atoms with Gasteiger partial charge in [0.15, 0.2) is 0 Å². The predicted octanol–water partition coefficient (Wildman–Crippen LogP) is 3.70. The second-order valence-corrected chi connectivity index (χ2v) is 5.29. The van der Waals surface area contributed by atoms with Gasteiger partial charge in [-0.05, 0) is 33.1 Å². The molecule has 1 fully saturated rings. The Hall–Kier alpha value is -1.07. The maximum Gasteiger partial charge on any atom is 0.391 e. The van der Waals surface area contributed by atoms with Gasteiger partial charge < -0.3 is 4.57 Å². The molecule has 1 aromatic rings. The Morgan fingerprint density at radius 2 is 2.06 bits per heavy atom. The van der Waals surface area contributed by atoms with E-state index in [1.165, 1.54) is 0 Å². The average Bonchev–Trinajstić information content (AvgIpc) is 2.77. The second kappa shape index (κ2) is 4.90. The molecule has 0 amide bonds. The largest absolute Gasteiger partial charge is 0.391 e. The Morgan fingerprint density at radius 3 is 2.67 bits per heavy atom. The standard InChI is InChI=1S/C12H18F3N3/c1-8(2)18-7-16-17-11(18)9-4-3-5-10(6-9)12(13,14)15/h7-10H,3-6H2,1-2H3. The van der Waals surface area contributed by atoms with Crippen LogP contribution in [0.3, 0.4) is 0 Å². The van der Waals surface area contributed by atoms with Crippen molar-refractivity contribution in [2.45, 2.75) is 57.7 Å². The van der Waals surface area contributed by atoms with Gasteiger partial charge in [0.1, 0.15) is 12.2 Å². The third-order valence-corrected chi connectivity index (χ3v) is 3.66. The summed E-state index contributed by atoms with van der Waals surface area (Å²) in [6, 6.07) is 0.182. The minimum absolute atomic E-state index is 0.115. The van der Waals surface area contributed by atoms with Gasteiger partial charge in [-0.15, -0.1) is 10.2 Å². The summed E-state index contributed by atoms with van der Waals surface area (Å²) in [6.07, 6.45) is -0.693. The van der Waals surface area contributed by atoms with E-state index < -0.39 is 12.1 Å². The molecule has 0 aromatic carbocycles. The Balaban J connectivity index is 2.16. The summed E-state index contributed by atoms with van der Waals surface area (Å²) >= 11 is 0. The van der Waals surface area contributed by atoms with Crippen molar-refractivity contribution in [2.75, 3.05) is 0 Å². The monoisotopic (exact) mass is 261 g/mol. The summed E-state index contributed by atoms with van der Waals surface area (Å²) in [7, 11) is 0. The Labute approximate surface area is 104 Å². The number of halogens is 3. The molecule has 0 spiro atoms. The molecular weight excluding hydrogens is 243 g/mol. The molecular formula is C12H18F3N3. The fraction of sp³-hybridized carbons (Fsp3) is 0.833. The average molecular weight is 261 g/mol. The van der Waals surface area contributed by atoms with Crippen LogP contribution in [-0.4, -0.2) is 20.9 Å². The van der Waals surface area contributed by atoms with Crippen LogP contribution >= 0.6 is 0 Å². The fourth-order valence-corrected chi connectivity index (χ4v) is 2.66. The Bertz CT molecular complexity index is 398. The Kier molecular flexibility index (Phi) is 3.64. The molecule has 0 bridgehead atoms. The normalized spacial score (nSPS) is 25.7. The van der Waals surface area contributed by atoms with Crippen molar-refractivity contribution in [1.29, 1.82) is 0 Å². The zero-order valence-electron chi connectivity index (χ0n) is 10.6. The summed E-state index contributed by atoms with van der Waals surface area (Å²) in [5.41, 5.74) is 0. The lowest BCUT2D eigenvalue weighted by atomic mass is 9.80. The highest BCUT2D eigenvalue weighted by Crippen LogP contribution is 2.43. The first-order chi connectivity index (χ1) is 8.39. The summed E-state index contributed by atoms with van der Waals surface area (Å²) in [4.78, 5) is 0. The van der Waals surface area contributed by atoms with Crippen LogP contribution in [0.15, 0.2) is 6.33 Å². The van der Waals surface area contributed by atoms with Gasteiger partial charge in [-0.2, -0.15) is 13.2 Å². The number of nitrogens with zero attached hydrogens (tertiary/aromatic N) is 3. The predicted molar refractivity (Wildman–Crippen MR) is 61.2 cm³/mol. The minimum Gasteiger partial charge on any atom is -0.315 e. The van der Waals surface area contributed by atoms with Crippen molar-refractivity contribution in [1.82, 2.24) is 14.8 Å². The van der Waals surface area contributed by atoms with E-state index in [0.717, 1.165) is 6.42 Å². The van der Waals surface area contributed by atoms with E-state index in [4.69, 9.17) is 0 Å². The van der Waals surface area contributed by atoms with Crippen molar-refractivity contribution in [3.63, 3.8) is 0 Å². The van der Waals surface area contributed by atoms with Crippen molar-refractivity contribution in [3.8, 4) is 0 Å². The summed E-state index contributed by atoms with van der Waals surface area (Å²) in [6.45, 7) is 3.97. The third kappa shape index (κ3) is 2.67. The molecule has 1 saturated carbocycles. The second-order valence-electron chi connectivity index (χ2n) is 5.29. The molecule has 1 aliphatic carbocycles. The first kappa shape index (κ1) is 13.4. The number of aromatic nitrogens is 3. The molecule has 2 unspecified atom stereocenters. The van der Waals surface area contributed by atoms with Gasteiger partial charge in [0, 0.05) is 12.0 Å². The number of alkyl halides is 3. The maximum absolute atomic E-state index is 12.8. The van der Waals surface area contributed by atoms with Crippen LogP contribution < -0.4 is 0 Å². The van der Waals surface area contributed by atoms with Crippen molar-refractivity contribution in [2.24, 2.45) is 5.92 Å². The van der Waals surface area contributed by atoms with E-state index in [2.05, 4.69) is 10.2 Å². The molecule has 2 rings (SSSR count). The van der Waals surface area contributed by atoms with Crippen LogP contribution in [0.25, 0.3) is 0 Å². The molecule has 0 saturated heterocycles. The van der Waals surface area contributed by atoms with Crippen LogP contribution in [0.5, 0.6) is 0 Å². The zero-order chi connectivity index (χ0) is 13.3. The van der Waals surface area contributed by atoms with Crippen LogP contribution in [0, 0.1) is 5.92 Å². The molecule has 3 nitrogen and oxygen atoms in total. The van der Waals surface area contributed by atoms with Crippen LogP contribution in [0.1, 0.15) is 57.3 Å². The number of hydrogen-bond acceptors (Lipinski definition) is 2. The molecule has 0 radical (unpaired) electrons. The van der Waals surface area contributed by atoms with Crippen LogP contribution in [0.2, 0.25) is 0 Å². The van der Waals surface area contributed by atoms with Crippen LogP contribution in [-0.2, 0) is 0 Å². The molecule has 6 heteroatoms. The summed E-state index contributed by atoms with van der Waals surface area (Å²) < 4.78 is 40.2. The molecule has 18 heavy (non-hydrogen) atoms. The first-order valence-electron chi connectivity index (χ1n) is 6.35. The lowest BCUT2D eigenvalue weighted by molar-refractivity contribution is -0.183. The van der Waals surface area contributed by atoms with Gasteiger partial charge in [0.05, 0.1) is 5.92 Å². The van der Waals surface area contributed by atoms with Crippen molar-refractivity contribution in [3.05, 3.63) is 12.2 Å². The highest BCUT2D eigenvalue weighted by Gasteiger charge is 2.43. The fourth-order valence-electron chi connectivity index (χ4n) is 2.66. The topological polar surface area (TPSA) is 30.7 Å². The van der Waals surface area contributed by atoms with Gasteiger partial charge in [-0.25, -0.2) is 0 Å². The van der Waals surface area contributed by atoms with E-state index in [1.807, 2.05) is 18.4 Å². The van der Waals surface area contributed by atoms with E-state index in [1.54, 1.807) is 6.33 Å². The quantitative estimate of drug-likeness (QED) is 0.812. The zero-order valence-corrected chi connectivity index (χ0v) is 10.6. The van der Waals surface area contributed by atoms with E-state index >= 15 is 0 Å². The Morgan fingerprint density at radius 1 is 1.33 bits per heavy atom. The van der Waals surface area contributed by atoms with Gasteiger partial charge in [0.2, 0.25) is 0 Å². The SMILES string of the molecule is CC(C)n1cnnc1C1CCCC(C(F)(F)F)C1. The maximum atomic E-state index is 12.8. The lowest BCUT2D eigenvalue weighted by Gasteiger charge is -2.30. The molecule has 0 aliphatic heterocycles. The summed E-state index contributed by atoms with van der Waals surface area (Å²) in [5.74, 6) is -0.595. The third-order valence-electron chi connectivity index (χ3n) is 3.66. The highest BCUT2D eigenvalue weighted by molar-refractivity contribution is 5.01. The highest BCUT2D eigenvalue weighted by atomic mass is 19.4. The van der Waals surface area contributed by atoms with Gasteiger partial charge in [-0.3, -0.25) is 0 Å². The smallest absolute Gasteiger partial charge is 0.315 e. The van der Waals surface area contributed by atoms with E-state index in [-0.39, 0.29) is 24.8 Å². The number of hydrogen-bond donors (Lipinski definition) is 0. The molecule has 1 aromatic heterocycles. The summed E-state index contributed by atoms with van der Waals surface area (Å²) in [5, 5.41) is 7.86. The van der Waals surface area contributed by atoms with Gasteiger partial charge in [0.25, 0.3) is 0 Å². The molecule has 0 N–H and O–H groups in total. The molecule has 102 valence electrons.